The summed E-state index contributed by atoms with van der Waals surface area (Å²) < 4.78 is 10.9. The first-order valence-electron chi connectivity index (χ1n) is 7.56. The number of rotatable bonds is 6. The fourth-order valence-corrected chi connectivity index (χ4v) is 2.79. The van der Waals surface area contributed by atoms with Crippen molar-refractivity contribution in [2.24, 2.45) is 0 Å². The highest BCUT2D eigenvalue weighted by Gasteiger charge is 2.11. The molecule has 2 aromatic carbocycles. The summed E-state index contributed by atoms with van der Waals surface area (Å²) >= 11 is 6.28. The third-order valence-electron chi connectivity index (χ3n) is 3.59. The summed E-state index contributed by atoms with van der Waals surface area (Å²) in [6.07, 6.45) is 0. The predicted octanol–water partition coefficient (Wildman–Crippen LogP) is 3.53. The largest absolute Gasteiger partial charge is 0.493 e. The van der Waals surface area contributed by atoms with Crippen LogP contribution in [0.5, 0.6) is 11.5 Å². The summed E-state index contributed by atoms with van der Waals surface area (Å²) in [5.74, 6) is 1.16. The molecule has 3 N–H and O–H groups in total. The van der Waals surface area contributed by atoms with Gasteiger partial charge in [-0.05, 0) is 42.8 Å². The highest BCUT2D eigenvalue weighted by molar-refractivity contribution is 6.32. The number of fused-ring (bicyclic) bond motifs is 1. The van der Waals surface area contributed by atoms with Crippen molar-refractivity contribution >= 4 is 28.3 Å². The van der Waals surface area contributed by atoms with E-state index in [4.69, 9.17) is 21.1 Å². The number of methoxy groups -OCH3 is 1. The van der Waals surface area contributed by atoms with Gasteiger partial charge in [0.15, 0.2) is 11.5 Å². The summed E-state index contributed by atoms with van der Waals surface area (Å²) in [5, 5.41) is 3.81. The Labute approximate surface area is 143 Å². The molecule has 0 spiro atoms. The minimum absolute atomic E-state index is 0.217. The lowest BCUT2D eigenvalue weighted by atomic mass is 10.2. The van der Waals surface area contributed by atoms with Crippen LogP contribution in [0, 0.1) is 0 Å². The molecule has 0 aliphatic heterocycles. The zero-order chi connectivity index (χ0) is 17.1. The monoisotopic (exact) mass is 347 g/mol. The molecule has 0 saturated heterocycles. The number of H-pyrrole nitrogens is 2. The van der Waals surface area contributed by atoms with Gasteiger partial charge >= 0.3 is 5.69 Å². The van der Waals surface area contributed by atoms with Gasteiger partial charge in [0.1, 0.15) is 0 Å². The molecule has 0 unspecified atom stereocenters. The molecule has 1 aromatic heterocycles. The second-order valence-electron chi connectivity index (χ2n) is 5.24. The Morgan fingerprint density at radius 2 is 1.96 bits per heavy atom. The number of hydrogen-bond acceptors (Lipinski definition) is 4. The van der Waals surface area contributed by atoms with E-state index in [9.17, 15) is 4.79 Å². The maximum atomic E-state index is 11.3. The topological polar surface area (TPSA) is 79.1 Å². The Morgan fingerprint density at radius 3 is 2.71 bits per heavy atom. The summed E-state index contributed by atoms with van der Waals surface area (Å²) in [4.78, 5) is 16.8. The summed E-state index contributed by atoms with van der Waals surface area (Å²) in [6.45, 7) is 2.97. The fraction of sp³-hybridized carbons (Fsp3) is 0.235. The number of halogens is 1. The van der Waals surface area contributed by atoms with Crippen molar-refractivity contribution in [3.63, 3.8) is 0 Å². The standard InChI is InChI=1S/C17H18ClN3O3/c1-3-24-16-12(18)6-10(7-15(16)23-2)9-19-11-4-5-13-14(8-11)21-17(22)20-13/h4-8,19H,3,9H2,1-2H3,(H2,20,21,22). The van der Waals surface area contributed by atoms with Crippen LogP contribution in [0.1, 0.15) is 12.5 Å². The summed E-state index contributed by atoms with van der Waals surface area (Å²) in [6, 6.07) is 9.36. The molecule has 0 bridgehead atoms. The molecule has 6 nitrogen and oxygen atoms in total. The fourth-order valence-electron chi connectivity index (χ4n) is 2.51. The first-order valence-corrected chi connectivity index (χ1v) is 7.93. The van der Waals surface area contributed by atoms with E-state index in [0.29, 0.717) is 29.7 Å². The number of benzene rings is 2. The van der Waals surface area contributed by atoms with Crippen molar-refractivity contribution in [1.82, 2.24) is 9.97 Å². The molecule has 0 saturated carbocycles. The van der Waals surface area contributed by atoms with Crippen LogP contribution in [0.2, 0.25) is 5.02 Å². The Hall–Kier alpha value is -2.60. The maximum absolute atomic E-state index is 11.3. The van der Waals surface area contributed by atoms with Crippen LogP contribution in [0.15, 0.2) is 35.1 Å². The molecule has 126 valence electrons. The molecule has 0 atom stereocenters. The van der Waals surface area contributed by atoms with E-state index in [-0.39, 0.29) is 5.69 Å². The maximum Gasteiger partial charge on any atom is 0.323 e. The van der Waals surface area contributed by atoms with Crippen LogP contribution < -0.4 is 20.5 Å². The highest BCUT2D eigenvalue weighted by atomic mass is 35.5. The Kier molecular flexibility index (Phi) is 4.66. The molecular weight excluding hydrogens is 330 g/mol. The van der Waals surface area contributed by atoms with E-state index >= 15 is 0 Å². The van der Waals surface area contributed by atoms with Gasteiger partial charge in [0.25, 0.3) is 0 Å². The lowest BCUT2D eigenvalue weighted by Crippen LogP contribution is -2.02. The minimum Gasteiger partial charge on any atom is -0.493 e. The van der Waals surface area contributed by atoms with Crippen LogP contribution in [0.4, 0.5) is 5.69 Å². The van der Waals surface area contributed by atoms with Crippen LogP contribution in [-0.4, -0.2) is 23.7 Å². The zero-order valence-electron chi connectivity index (χ0n) is 13.4. The van der Waals surface area contributed by atoms with E-state index < -0.39 is 0 Å². The number of aromatic nitrogens is 2. The minimum atomic E-state index is -0.217. The number of anilines is 1. The van der Waals surface area contributed by atoms with Crippen molar-refractivity contribution < 1.29 is 9.47 Å². The molecule has 0 aliphatic carbocycles. The predicted molar refractivity (Wildman–Crippen MR) is 95.4 cm³/mol. The molecular formula is C17H18ClN3O3. The van der Waals surface area contributed by atoms with Gasteiger partial charge in [0, 0.05) is 12.2 Å². The molecule has 0 radical (unpaired) electrons. The van der Waals surface area contributed by atoms with Gasteiger partial charge in [0.2, 0.25) is 0 Å². The Bertz CT molecular complexity index is 917. The van der Waals surface area contributed by atoms with Gasteiger partial charge in [-0.2, -0.15) is 0 Å². The number of nitrogens with one attached hydrogen (secondary N) is 3. The second kappa shape index (κ2) is 6.88. The van der Waals surface area contributed by atoms with E-state index in [0.717, 1.165) is 22.3 Å². The smallest absolute Gasteiger partial charge is 0.323 e. The third kappa shape index (κ3) is 3.33. The first-order chi connectivity index (χ1) is 11.6. The summed E-state index contributed by atoms with van der Waals surface area (Å²) in [5.41, 5.74) is 3.17. The van der Waals surface area contributed by atoms with Gasteiger partial charge in [-0.1, -0.05) is 11.6 Å². The lowest BCUT2D eigenvalue weighted by Gasteiger charge is -2.14. The van der Waals surface area contributed by atoms with E-state index in [2.05, 4.69) is 15.3 Å². The van der Waals surface area contributed by atoms with Gasteiger partial charge in [-0.25, -0.2) is 4.79 Å². The van der Waals surface area contributed by atoms with Crippen molar-refractivity contribution in [3.05, 3.63) is 51.4 Å². The molecule has 0 fully saturated rings. The van der Waals surface area contributed by atoms with E-state index in [1.807, 2.05) is 37.3 Å². The molecule has 1 heterocycles. The van der Waals surface area contributed by atoms with E-state index in [1.165, 1.54) is 0 Å². The number of ether oxygens (including phenoxy) is 2. The van der Waals surface area contributed by atoms with Crippen LogP contribution in [-0.2, 0) is 6.54 Å². The van der Waals surface area contributed by atoms with Crippen LogP contribution in [0.3, 0.4) is 0 Å². The molecule has 0 aliphatic rings. The third-order valence-corrected chi connectivity index (χ3v) is 3.87. The number of imidazole rings is 1. The molecule has 0 amide bonds. The normalized spacial score (nSPS) is 10.8. The Morgan fingerprint density at radius 1 is 1.17 bits per heavy atom. The van der Waals surface area contributed by atoms with Crippen molar-refractivity contribution in [2.75, 3.05) is 19.0 Å². The van der Waals surface area contributed by atoms with Crippen LogP contribution in [0.25, 0.3) is 11.0 Å². The first kappa shape index (κ1) is 16.3. The second-order valence-corrected chi connectivity index (χ2v) is 5.64. The molecule has 24 heavy (non-hydrogen) atoms. The van der Waals surface area contributed by atoms with Gasteiger partial charge in [-0.3, -0.25) is 0 Å². The van der Waals surface area contributed by atoms with Gasteiger partial charge in [0.05, 0.1) is 29.8 Å². The zero-order valence-corrected chi connectivity index (χ0v) is 14.2. The van der Waals surface area contributed by atoms with Gasteiger partial charge in [-0.15, -0.1) is 0 Å². The molecule has 3 aromatic rings. The quantitative estimate of drug-likeness (QED) is 0.637. The van der Waals surface area contributed by atoms with Crippen molar-refractivity contribution in [3.8, 4) is 11.5 Å². The Balaban J connectivity index is 1.79. The SMILES string of the molecule is CCOc1c(Cl)cc(CNc2ccc3[nH]c(=O)[nH]c3c2)cc1OC. The van der Waals surface area contributed by atoms with Crippen molar-refractivity contribution in [2.45, 2.75) is 13.5 Å². The van der Waals surface area contributed by atoms with Crippen molar-refractivity contribution in [1.29, 1.82) is 0 Å². The number of aromatic amines is 2. The molecule has 7 heteroatoms. The summed E-state index contributed by atoms with van der Waals surface area (Å²) in [7, 11) is 1.58. The van der Waals surface area contributed by atoms with Gasteiger partial charge < -0.3 is 24.8 Å². The van der Waals surface area contributed by atoms with E-state index in [1.54, 1.807) is 7.11 Å². The molecule has 3 rings (SSSR count). The highest BCUT2D eigenvalue weighted by Crippen LogP contribution is 2.36. The lowest BCUT2D eigenvalue weighted by molar-refractivity contribution is 0.311. The number of hydrogen-bond donors (Lipinski definition) is 3. The average molecular weight is 348 g/mol. The average Bonchev–Trinajstić information content (AvgIpc) is 2.94. The van der Waals surface area contributed by atoms with Crippen LogP contribution >= 0.6 is 11.6 Å².